The van der Waals surface area contributed by atoms with E-state index in [4.69, 9.17) is 4.42 Å². The average molecular weight is 492 g/mol. The molecule has 0 amide bonds. The first kappa shape index (κ1) is 25.6. The zero-order valence-electron chi connectivity index (χ0n) is 19.9. The average Bonchev–Trinajstić information content (AvgIpc) is 3.19. The molecule has 0 saturated carbocycles. The molecule has 1 aromatic carbocycles. The van der Waals surface area contributed by atoms with E-state index in [9.17, 15) is 13.5 Å². The number of oxazole rings is 1. The molecule has 34 heavy (non-hydrogen) atoms. The number of rotatable bonds is 9. The Hall–Kier alpha value is -3.05. The topological polar surface area (TPSA) is 130 Å². The first-order valence-corrected chi connectivity index (χ1v) is 12.6. The van der Waals surface area contributed by atoms with Crippen LogP contribution in [0.1, 0.15) is 46.9 Å². The van der Waals surface area contributed by atoms with Crippen LogP contribution in [-0.4, -0.2) is 46.9 Å². The van der Waals surface area contributed by atoms with Crippen molar-refractivity contribution >= 4 is 21.7 Å². The lowest BCUT2D eigenvalue weighted by Crippen LogP contribution is -2.17. The minimum atomic E-state index is -3.69. The molecule has 0 radical (unpaired) electrons. The van der Waals surface area contributed by atoms with Crippen LogP contribution in [0, 0.1) is 5.82 Å². The van der Waals surface area contributed by atoms with Crippen molar-refractivity contribution in [2.75, 3.05) is 22.3 Å². The Balaban J connectivity index is 2.12. The predicted molar refractivity (Wildman–Crippen MR) is 129 cm³/mol. The summed E-state index contributed by atoms with van der Waals surface area (Å²) in [6.45, 7) is 9.34. The maximum Gasteiger partial charge on any atom is 0.232 e. The van der Waals surface area contributed by atoms with Gasteiger partial charge in [-0.1, -0.05) is 33.8 Å². The van der Waals surface area contributed by atoms with Gasteiger partial charge in [0, 0.05) is 23.7 Å². The summed E-state index contributed by atoms with van der Waals surface area (Å²) in [7, 11) is -3.69. The van der Waals surface area contributed by atoms with Crippen LogP contribution >= 0.6 is 0 Å². The van der Waals surface area contributed by atoms with Crippen LogP contribution in [0.15, 0.2) is 34.9 Å². The highest BCUT2D eigenvalue weighted by atomic mass is 32.2. The first-order valence-electron chi connectivity index (χ1n) is 11.0. The van der Waals surface area contributed by atoms with Crippen molar-refractivity contribution in [2.24, 2.45) is 0 Å². The summed E-state index contributed by atoms with van der Waals surface area (Å²) < 4.78 is 48.3. The number of hydrogen-bond donors (Lipinski definition) is 3. The number of nitrogens with one attached hydrogen (secondary N) is 2. The molecule has 2 heterocycles. The predicted octanol–water partition coefficient (Wildman–Crippen LogP) is 4.18. The van der Waals surface area contributed by atoms with Crippen molar-refractivity contribution in [3.63, 3.8) is 0 Å². The molecule has 0 saturated heterocycles. The standard InChI is InChI=1S/C23H30FN5O4S/c1-6-12-34(31,32)29-16-9-7-8-15(18(16)24)19-20(33-21(28-19)23(3,4)5)17-10-11-25-22(27-17)26-13-14(2)30/h7-11,14,29-30H,6,12-13H2,1-5H3,(H,25,26,27)/t14-/m0/s1. The van der Waals surface area contributed by atoms with Gasteiger partial charge in [-0.3, -0.25) is 4.72 Å². The molecule has 0 aliphatic carbocycles. The molecule has 3 aromatic rings. The van der Waals surface area contributed by atoms with Crippen molar-refractivity contribution < 1.29 is 22.3 Å². The van der Waals surface area contributed by atoms with E-state index in [1.165, 1.54) is 18.3 Å². The van der Waals surface area contributed by atoms with Gasteiger partial charge in [-0.05, 0) is 31.5 Å². The van der Waals surface area contributed by atoms with Gasteiger partial charge in [-0.25, -0.2) is 27.8 Å². The molecule has 9 nitrogen and oxygen atoms in total. The van der Waals surface area contributed by atoms with Gasteiger partial charge < -0.3 is 14.8 Å². The minimum absolute atomic E-state index is 0.0723. The van der Waals surface area contributed by atoms with Gasteiger partial charge in [0.25, 0.3) is 0 Å². The van der Waals surface area contributed by atoms with Crippen LogP contribution in [-0.2, 0) is 15.4 Å². The highest BCUT2D eigenvalue weighted by Crippen LogP contribution is 2.38. The lowest BCUT2D eigenvalue weighted by molar-refractivity contribution is 0.208. The maximum absolute atomic E-state index is 15.5. The third-order valence-electron chi connectivity index (χ3n) is 4.70. The van der Waals surface area contributed by atoms with Crippen LogP contribution in [0.2, 0.25) is 0 Å². The summed E-state index contributed by atoms with van der Waals surface area (Å²) in [5.74, 6) is -0.0346. The number of aliphatic hydroxyl groups is 1. The molecule has 0 spiro atoms. The minimum Gasteiger partial charge on any atom is -0.438 e. The van der Waals surface area contributed by atoms with Crippen LogP contribution in [0.25, 0.3) is 22.7 Å². The monoisotopic (exact) mass is 491 g/mol. The molecule has 3 N–H and O–H groups in total. The summed E-state index contributed by atoms with van der Waals surface area (Å²) in [6.07, 6.45) is 1.31. The van der Waals surface area contributed by atoms with Crippen molar-refractivity contribution in [2.45, 2.75) is 52.6 Å². The van der Waals surface area contributed by atoms with E-state index in [1.54, 1.807) is 26.0 Å². The van der Waals surface area contributed by atoms with E-state index >= 15 is 4.39 Å². The third kappa shape index (κ3) is 6.09. The normalized spacial score (nSPS) is 13.0. The van der Waals surface area contributed by atoms with Gasteiger partial charge in [-0.15, -0.1) is 0 Å². The van der Waals surface area contributed by atoms with Gasteiger partial charge >= 0.3 is 0 Å². The molecule has 0 fully saturated rings. The lowest BCUT2D eigenvalue weighted by Gasteiger charge is -2.12. The van der Waals surface area contributed by atoms with E-state index in [2.05, 4.69) is 25.0 Å². The third-order valence-corrected chi connectivity index (χ3v) is 6.18. The van der Waals surface area contributed by atoms with Crippen molar-refractivity contribution in [1.29, 1.82) is 0 Å². The van der Waals surface area contributed by atoms with Crippen molar-refractivity contribution in [3.05, 3.63) is 42.2 Å². The number of anilines is 2. The van der Waals surface area contributed by atoms with Gasteiger partial charge in [0.15, 0.2) is 11.6 Å². The maximum atomic E-state index is 15.5. The second-order valence-electron chi connectivity index (χ2n) is 9.03. The first-order chi connectivity index (χ1) is 15.9. The summed E-state index contributed by atoms with van der Waals surface area (Å²) in [5, 5.41) is 12.4. The Bertz CT molecular complexity index is 1250. The lowest BCUT2D eigenvalue weighted by atomic mass is 9.97. The van der Waals surface area contributed by atoms with Crippen LogP contribution in [0.5, 0.6) is 0 Å². The van der Waals surface area contributed by atoms with E-state index in [1.807, 2.05) is 20.8 Å². The van der Waals surface area contributed by atoms with Gasteiger partial charge in [0.05, 0.1) is 17.5 Å². The molecule has 0 aliphatic rings. The number of aromatic nitrogens is 3. The summed E-state index contributed by atoms with van der Waals surface area (Å²) in [5.41, 5.74) is -0.0247. The fourth-order valence-electron chi connectivity index (χ4n) is 3.09. The van der Waals surface area contributed by atoms with Crippen LogP contribution in [0.3, 0.4) is 0 Å². The van der Waals surface area contributed by atoms with E-state index in [0.29, 0.717) is 18.0 Å². The van der Waals surface area contributed by atoms with Crippen molar-refractivity contribution in [1.82, 2.24) is 15.0 Å². The Morgan fingerprint density at radius 2 is 1.94 bits per heavy atom. The number of halogens is 1. The SMILES string of the molecule is CCCS(=O)(=O)Nc1cccc(-c2nc(C(C)(C)C)oc2-c2ccnc(NC[C@H](C)O)n2)c1F. The Morgan fingerprint density at radius 1 is 1.21 bits per heavy atom. The Kier molecular flexibility index (Phi) is 7.57. The fraction of sp³-hybridized carbons (Fsp3) is 0.435. The van der Waals surface area contributed by atoms with Gasteiger partial charge in [-0.2, -0.15) is 0 Å². The Morgan fingerprint density at radius 3 is 2.59 bits per heavy atom. The van der Waals surface area contributed by atoms with Gasteiger partial charge in [0.1, 0.15) is 11.4 Å². The zero-order valence-corrected chi connectivity index (χ0v) is 20.7. The second-order valence-corrected chi connectivity index (χ2v) is 10.9. The largest absolute Gasteiger partial charge is 0.438 e. The molecular formula is C23H30FN5O4S. The number of nitrogens with zero attached hydrogens (tertiary/aromatic N) is 3. The zero-order chi connectivity index (χ0) is 25.1. The summed E-state index contributed by atoms with van der Waals surface area (Å²) >= 11 is 0. The fourth-order valence-corrected chi connectivity index (χ4v) is 4.22. The molecule has 2 aromatic heterocycles. The number of benzene rings is 1. The highest BCUT2D eigenvalue weighted by Gasteiger charge is 2.28. The molecule has 0 bridgehead atoms. The van der Waals surface area contributed by atoms with Crippen LogP contribution in [0.4, 0.5) is 16.0 Å². The van der Waals surface area contributed by atoms with E-state index in [0.717, 1.165) is 0 Å². The molecule has 0 aliphatic heterocycles. The summed E-state index contributed by atoms with van der Waals surface area (Å²) in [6, 6.07) is 6.02. The van der Waals surface area contributed by atoms with Crippen LogP contribution < -0.4 is 10.0 Å². The van der Waals surface area contributed by atoms with E-state index < -0.39 is 27.4 Å². The highest BCUT2D eigenvalue weighted by molar-refractivity contribution is 7.92. The number of aliphatic hydroxyl groups excluding tert-OH is 1. The van der Waals surface area contributed by atoms with Crippen molar-refractivity contribution in [3.8, 4) is 22.7 Å². The summed E-state index contributed by atoms with van der Waals surface area (Å²) in [4.78, 5) is 13.1. The van der Waals surface area contributed by atoms with Gasteiger partial charge in [0.2, 0.25) is 21.9 Å². The number of sulfonamides is 1. The molecule has 11 heteroatoms. The molecule has 0 unspecified atom stereocenters. The molecule has 184 valence electrons. The second kappa shape index (κ2) is 10.1. The molecule has 1 atom stereocenters. The Labute approximate surface area is 198 Å². The number of hydrogen-bond acceptors (Lipinski definition) is 8. The van der Waals surface area contributed by atoms with E-state index in [-0.39, 0.29) is 41.0 Å². The molecular weight excluding hydrogens is 461 g/mol. The molecule has 3 rings (SSSR count). The quantitative estimate of drug-likeness (QED) is 0.406. The smallest absolute Gasteiger partial charge is 0.232 e.